The molecule has 0 unspecified atom stereocenters. The number of morpholine rings is 1. The Morgan fingerprint density at radius 2 is 1.97 bits per heavy atom. The Hall–Kier alpha value is -1.34. The Kier molecular flexibility index (Phi) is 11.1. The molecule has 0 amide bonds. The maximum Gasteiger partial charge on any atom is 0.422 e. The van der Waals surface area contributed by atoms with Crippen LogP contribution < -0.4 is 15.4 Å². The molecule has 0 radical (unpaired) electrons. The maximum atomic E-state index is 12.4. The number of guanidine groups is 1. The molecule has 11 heteroatoms. The quantitative estimate of drug-likeness (QED) is 0.298. The summed E-state index contributed by atoms with van der Waals surface area (Å²) < 4.78 is 47.6. The molecule has 2 heterocycles. The van der Waals surface area contributed by atoms with Crippen LogP contribution in [0.4, 0.5) is 13.2 Å². The molecule has 2 N–H and O–H groups in total. The third-order valence-corrected chi connectivity index (χ3v) is 4.53. The van der Waals surface area contributed by atoms with Crippen LogP contribution in [0.1, 0.15) is 26.3 Å². The molecule has 1 aromatic heterocycles. The number of ether oxygens (including phenoxy) is 2. The van der Waals surface area contributed by atoms with E-state index in [1.165, 1.54) is 6.20 Å². The maximum absolute atomic E-state index is 12.4. The molecule has 1 aliphatic heterocycles. The molecule has 172 valence electrons. The van der Waals surface area contributed by atoms with E-state index in [1.54, 1.807) is 12.1 Å². The van der Waals surface area contributed by atoms with Crippen LogP contribution >= 0.6 is 24.0 Å². The minimum absolute atomic E-state index is 0. The zero-order valence-corrected chi connectivity index (χ0v) is 19.9. The average molecular weight is 545 g/mol. The van der Waals surface area contributed by atoms with Gasteiger partial charge in [0.1, 0.15) is 0 Å². The smallest absolute Gasteiger partial charge is 0.422 e. The third kappa shape index (κ3) is 9.21. The lowest BCUT2D eigenvalue weighted by Gasteiger charge is -2.41. The van der Waals surface area contributed by atoms with Crippen LogP contribution in [-0.2, 0) is 11.3 Å². The number of pyridine rings is 1. The van der Waals surface area contributed by atoms with Crippen molar-refractivity contribution in [3.8, 4) is 5.88 Å². The minimum Gasteiger partial charge on any atom is -0.468 e. The lowest BCUT2D eigenvalue weighted by atomic mass is 10.0. The summed E-state index contributed by atoms with van der Waals surface area (Å²) in [5.41, 5.74) is 0.385. The van der Waals surface area contributed by atoms with Gasteiger partial charge in [-0.2, -0.15) is 13.2 Å². The molecule has 0 atom stereocenters. The second kappa shape index (κ2) is 12.5. The van der Waals surface area contributed by atoms with Crippen molar-refractivity contribution in [3.05, 3.63) is 23.9 Å². The molecular formula is C19H31F3IN5O2. The van der Waals surface area contributed by atoms with Crippen LogP contribution in [0.5, 0.6) is 5.88 Å². The summed E-state index contributed by atoms with van der Waals surface area (Å²) in [4.78, 5) is 10.7. The summed E-state index contributed by atoms with van der Waals surface area (Å²) in [5.74, 6) is 0.525. The van der Waals surface area contributed by atoms with E-state index in [9.17, 15) is 13.2 Å². The molecule has 1 aliphatic rings. The Morgan fingerprint density at radius 1 is 1.27 bits per heavy atom. The fourth-order valence-corrected chi connectivity index (χ4v) is 2.91. The Labute approximate surface area is 192 Å². The lowest BCUT2D eigenvalue weighted by Crippen LogP contribution is -2.56. The van der Waals surface area contributed by atoms with E-state index in [4.69, 9.17) is 9.47 Å². The van der Waals surface area contributed by atoms with Crippen molar-refractivity contribution in [2.75, 3.05) is 46.0 Å². The van der Waals surface area contributed by atoms with Gasteiger partial charge >= 0.3 is 6.18 Å². The molecule has 1 fully saturated rings. The highest BCUT2D eigenvalue weighted by molar-refractivity contribution is 14.0. The normalized spacial score (nSPS) is 16.0. The number of aromatic nitrogens is 1. The zero-order valence-electron chi connectivity index (χ0n) is 17.6. The SMILES string of the molecule is CCNC(=NCc1cccnc1OCC(F)(F)F)NCC(C)(C)N1CCOCC1.I. The van der Waals surface area contributed by atoms with E-state index in [2.05, 4.69) is 39.4 Å². The van der Waals surface area contributed by atoms with Crippen molar-refractivity contribution < 1.29 is 22.6 Å². The molecule has 7 nitrogen and oxygen atoms in total. The van der Waals surface area contributed by atoms with Gasteiger partial charge in [0.25, 0.3) is 0 Å². The molecular weight excluding hydrogens is 514 g/mol. The fraction of sp³-hybridized carbons (Fsp3) is 0.684. The number of rotatable bonds is 8. The van der Waals surface area contributed by atoms with Crippen LogP contribution in [0.25, 0.3) is 0 Å². The number of hydrogen-bond acceptors (Lipinski definition) is 5. The number of hydrogen-bond donors (Lipinski definition) is 2. The first-order valence-corrected chi connectivity index (χ1v) is 9.70. The second-order valence-electron chi connectivity index (χ2n) is 7.33. The predicted octanol–water partition coefficient (Wildman–Crippen LogP) is 2.81. The highest BCUT2D eigenvalue weighted by Crippen LogP contribution is 2.20. The fourth-order valence-electron chi connectivity index (χ4n) is 2.91. The van der Waals surface area contributed by atoms with Gasteiger partial charge in [-0.25, -0.2) is 9.98 Å². The molecule has 0 bridgehead atoms. The van der Waals surface area contributed by atoms with E-state index in [0.29, 0.717) is 24.6 Å². The topological polar surface area (TPSA) is 71.0 Å². The molecule has 0 aromatic carbocycles. The summed E-state index contributed by atoms with van der Waals surface area (Å²) in [6, 6.07) is 3.30. The molecule has 0 spiro atoms. The Balaban J connectivity index is 0.00000450. The monoisotopic (exact) mass is 545 g/mol. The lowest BCUT2D eigenvalue weighted by molar-refractivity contribution is -0.154. The standard InChI is InChI=1S/C19H30F3N5O2.HI/c1-4-23-17(26-13-18(2,3)27-8-10-28-11-9-27)25-12-15-6-5-7-24-16(15)29-14-19(20,21)22;/h5-7H,4,8-14H2,1-3H3,(H2,23,25,26);1H. The van der Waals surface area contributed by atoms with E-state index >= 15 is 0 Å². The van der Waals surface area contributed by atoms with Crippen LogP contribution in [0.2, 0.25) is 0 Å². The Morgan fingerprint density at radius 3 is 2.60 bits per heavy atom. The highest BCUT2D eigenvalue weighted by atomic mass is 127. The number of alkyl halides is 3. The highest BCUT2D eigenvalue weighted by Gasteiger charge is 2.29. The van der Waals surface area contributed by atoms with E-state index in [-0.39, 0.29) is 41.9 Å². The summed E-state index contributed by atoms with van der Waals surface area (Å²) in [6.45, 7) is 9.53. The van der Waals surface area contributed by atoms with Gasteiger partial charge in [0, 0.05) is 43.5 Å². The van der Waals surface area contributed by atoms with Crippen LogP contribution in [0, 0.1) is 0 Å². The van der Waals surface area contributed by atoms with Gasteiger partial charge in [-0.05, 0) is 26.8 Å². The van der Waals surface area contributed by atoms with Crippen LogP contribution in [-0.4, -0.2) is 73.6 Å². The van der Waals surface area contributed by atoms with Gasteiger partial charge in [0.2, 0.25) is 5.88 Å². The van der Waals surface area contributed by atoms with Crippen molar-refractivity contribution in [1.82, 2.24) is 20.5 Å². The van der Waals surface area contributed by atoms with Crippen molar-refractivity contribution in [2.24, 2.45) is 4.99 Å². The van der Waals surface area contributed by atoms with Crippen molar-refractivity contribution in [2.45, 2.75) is 39.0 Å². The summed E-state index contributed by atoms with van der Waals surface area (Å²) in [7, 11) is 0. The largest absolute Gasteiger partial charge is 0.468 e. The van der Waals surface area contributed by atoms with Crippen molar-refractivity contribution in [3.63, 3.8) is 0 Å². The van der Waals surface area contributed by atoms with Gasteiger partial charge in [0.05, 0.1) is 19.8 Å². The first kappa shape index (κ1) is 26.7. The molecule has 0 aliphatic carbocycles. The average Bonchev–Trinajstić information content (AvgIpc) is 2.69. The van der Waals surface area contributed by atoms with E-state index in [0.717, 1.165) is 26.3 Å². The number of nitrogens with zero attached hydrogens (tertiary/aromatic N) is 3. The van der Waals surface area contributed by atoms with Crippen molar-refractivity contribution in [1.29, 1.82) is 0 Å². The van der Waals surface area contributed by atoms with Crippen LogP contribution in [0.15, 0.2) is 23.3 Å². The summed E-state index contributed by atoms with van der Waals surface area (Å²) >= 11 is 0. The number of halogens is 4. The molecule has 0 saturated carbocycles. The van der Waals surface area contributed by atoms with Gasteiger partial charge in [0.15, 0.2) is 12.6 Å². The van der Waals surface area contributed by atoms with Crippen molar-refractivity contribution >= 4 is 29.9 Å². The van der Waals surface area contributed by atoms with E-state index in [1.807, 2.05) is 6.92 Å². The summed E-state index contributed by atoms with van der Waals surface area (Å²) in [5, 5.41) is 6.48. The van der Waals surface area contributed by atoms with Gasteiger partial charge in [-0.1, -0.05) is 6.07 Å². The zero-order chi connectivity index (χ0) is 21.3. The molecule has 1 saturated heterocycles. The second-order valence-corrected chi connectivity index (χ2v) is 7.33. The first-order chi connectivity index (χ1) is 13.7. The Bertz CT molecular complexity index is 668. The van der Waals surface area contributed by atoms with Crippen LogP contribution in [0.3, 0.4) is 0 Å². The molecule has 30 heavy (non-hydrogen) atoms. The molecule has 2 rings (SSSR count). The van der Waals surface area contributed by atoms with E-state index < -0.39 is 12.8 Å². The number of aliphatic imine (C=N–C) groups is 1. The predicted molar refractivity (Wildman–Crippen MR) is 120 cm³/mol. The third-order valence-electron chi connectivity index (χ3n) is 4.53. The van der Waals surface area contributed by atoms with Gasteiger partial charge in [-0.3, -0.25) is 4.90 Å². The summed E-state index contributed by atoms with van der Waals surface area (Å²) in [6.07, 6.45) is -3.02. The van der Waals surface area contributed by atoms with Gasteiger partial charge in [-0.15, -0.1) is 24.0 Å². The number of nitrogens with one attached hydrogen (secondary N) is 2. The van der Waals surface area contributed by atoms with Gasteiger partial charge < -0.3 is 20.1 Å². The minimum atomic E-state index is -4.42. The first-order valence-electron chi connectivity index (χ1n) is 9.70. The molecule has 1 aromatic rings.